The molecule has 2 aliphatic heterocycles. The van der Waals surface area contributed by atoms with Crippen molar-refractivity contribution >= 4 is 11.6 Å². The number of amides is 1. The predicted octanol–water partition coefficient (Wildman–Crippen LogP) is 3.32. The van der Waals surface area contributed by atoms with Crippen molar-refractivity contribution in [3.05, 3.63) is 60.2 Å². The van der Waals surface area contributed by atoms with Crippen LogP contribution in [-0.2, 0) is 11.3 Å². The molecule has 0 N–H and O–H groups in total. The standard InChI is InChI=1S/C24H26FN5O2/c1-32-20-5-2-4-19(16-20)28-12-14-29(15-13-28)24(31)21-6-3-11-30-22(26-27-23(21)30)17-7-9-18(25)10-8-17/h2,4-5,7-10,16,21H,3,6,11-15H2,1H3. The van der Waals surface area contributed by atoms with Crippen LogP contribution in [0.25, 0.3) is 11.4 Å². The first kappa shape index (κ1) is 20.5. The monoisotopic (exact) mass is 435 g/mol. The number of rotatable bonds is 4. The zero-order valence-corrected chi connectivity index (χ0v) is 18.1. The van der Waals surface area contributed by atoms with Crippen LogP contribution in [0, 0.1) is 5.82 Å². The van der Waals surface area contributed by atoms with Crippen molar-refractivity contribution in [1.82, 2.24) is 19.7 Å². The number of hydrogen-bond donors (Lipinski definition) is 0. The second-order valence-corrected chi connectivity index (χ2v) is 8.25. The molecule has 7 nitrogen and oxygen atoms in total. The lowest BCUT2D eigenvalue weighted by Crippen LogP contribution is -2.50. The van der Waals surface area contributed by atoms with E-state index in [1.165, 1.54) is 12.1 Å². The van der Waals surface area contributed by atoms with E-state index in [0.29, 0.717) is 18.9 Å². The maximum atomic E-state index is 13.4. The smallest absolute Gasteiger partial charge is 0.233 e. The normalized spacial score (nSPS) is 18.4. The van der Waals surface area contributed by atoms with E-state index in [-0.39, 0.29) is 17.6 Å². The van der Waals surface area contributed by atoms with Crippen LogP contribution in [0.3, 0.4) is 0 Å². The Balaban J connectivity index is 1.30. The molecule has 0 spiro atoms. The van der Waals surface area contributed by atoms with Gasteiger partial charge < -0.3 is 19.1 Å². The molecular weight excluding hydrogens is 409 g/mol. The molecule has 3 aromatic rings. The van der Waals surface area contributed by atoms with E-state index < -0.39 is 0 Å². The fraction of sp³-hybridized carbons (Fsp3) is 0.375. The Morgan fingerprint density at radius 3 is 2.56 bits per heavy atom. The van der Waals surface area contributed by atoms with Crippen molar-refractivity contribution in [2.75, 3.05) is 38.2 Å². The molecule has 5 rings (SSSR count). The summed E-state index contributed by atoms with van der Waals surface area (Å²) in [5.41, 5.74) is 1.92. The van der Waals surface area contributed by atoms with Gasteiger partial charge >= 0.3 is 0 Å². The number of aromatic nitrogens is 3. The van der Waals surface area contributed by atoms with Gasteiger partial charge in [-0.3, -0.25) is 4.79 Å². The number of ether oxygens (including phenoxy) is 1. The maximum absolute atomic E-state index is 13.4. The minimum Gasteiger partial charge on any atom is -0.497 e. The lowest BCUT2D eigenvalue weighted by molar-refractivity contribution is -0.133. The van der Waals surface area contributed by atoms with Gasteiger partial charge in [0, 0.05) is 50.0 Å². The van der Waals surface area contributed by atoms with Crippen LogP contribution < -0.4 is 9.64 Å². The number of carbonyl (C=O) groups excluding carboxylic acids is 1. The van der Waals surface area contributed by atoms with Crippen molar-refractivity contribution in [3.63, 3.8) is 0 Å². The van der Waals surface area contributed by atoms with Crippen LogP contribution >= 0.6 is 0 Å². The number of halogens is 1. The van der Waals surface area contributed by atoms with Crippen LogP contribution in [0.2, 0.25) is 0 Å². The van der Waals surface area contributed by atoms with E-state index in [1.807, 2.05) is 27.7 Å². The van der Waals surface area contributed by atoms with E-state index >= 15 is 0 Å². The molecule has 2 aliphatic rings. The lowest BCUT2D eigenvalue weighted by Gasteiger charge is -2.38. The number of carbonyl (C=O) groups is 1. The van der Waals surface area contributed by atoms with Gasteiger partial charge in [-0.25, -0.2) is 4.39 Å². The Labute approximate surface area is 186 Å². The van der Waals surface area contributed by atoms with Gasteiger partial charge in [-0.1, -0.05) is 6.07 Å². The fourth-order valence-electron chi connectivity index (χ4n) is 4.63. The van der Waals surface area contributed by atoms with Crippen molar-refractivity contribution in [3.8, 4) is 17.1 Å². The summed E-state index contributed by atoms with van der Waals surface area (Å²) in [6.07, 6.45) is 1.66. The van der Waals surface area contributed by atoms with Crippen molar-refractivity contribution in [2.24, 2.45) is 0 Å². The van der Waals surface area contributed by atoms with Crippen LogP contribution in [0.4, 0.5) is 10.1 Å². The van der Waals surface area contributed by atoms with E-state index in [0.717, 1.165) is 55.3 Å². The highest BCUT2D eigenvalue weighted by Gasteiger charge is 2.35. The molecule has 0 saturated carbocycles. The Bertz CT molecular complexity index is 1110. The molecule has 3 heterocycles. The third-order valence-corrected chi connectivity index (χ3v) is 6.38. The number of hydrogen-bond acceptors (Lipinski definition) is 5. The molecule has 0 aliphatic carbocycles. The zero-order chi connectivity index (χ0) is 22.1. The molecule has 32 heavy (non-hydrogen) atoms. The van der Waals surface area contributed by atoms with E-state index in [4.69, 9.17) is 4.74 Å². The summed E-state index contributed by atoms with van der Waals surface area (Å²) in [5.74, 6) is 1.80. The summed E-state index contributed by atoms with van der Waals surface area (Å²) >= 11 is 0. The van der Waals surface area contributed by atoms with Crippen LogP contribution in [0.5, 0.6) is 5.75 Å². The molecule has 1 atom stereocenters. The maximum Gasteiger partial charge on any atom is 0.233 e. The first-order valence-corrected chi connectivity index (χ1v) is 11.0. The molecule has 1 unspecified atom stereocenters. The average Bonchev–Trinajstić information content (AvgIpc) is 3.28. The third-order valence-electron chi connectivity index (χ3n) is 6.38. The first-order valence-electron chi connectivity index (χ1n) is 11.0. The van der Waals surface area contributed by atoms with Crippen molar-refractivity contribution < 1.29 is 13.9 Å². The molecule has 1 amide bonds. The molecule has 8 heteroatoms. The molecule has 166 valence electrons. The SMILES string of the molecule is COc1cccc(N2CCN(C(=O)C3CCCn4c(-c5ccc(F)cc5)nnc43)CC2)c1. The summed E-state index contributed by atoms with van der Waals surface area (Å²) < 4.78 is 20.7. The Hall–Kier alpha value is -3.42. The molecule has 0 radical (unpaired) electrons. The topological polar surface area (TPSA) is 63.5 Å². The summed E-state index contributed by atoms with van der Waals surface area (Å²) in [5, 5.41) is 8.73. The predicted molar refractivity (Wildman–Crippen MR) is 119 cm³/mol. The number of benzene rings is 2. The van der Waals surface area contributed by atoms with Crippen molar-refractivity contribution in [1.29, 1.82) is 0 Å². The lowest BCUT2D eigenvalue weighted by atomic mass is 9.96. The molecule has 1 saturated heterocycles. The molecule has 2 aromatic carbocycles. The summed E-state index contributed by atoms with van der Waals surface area (Å²) in [6, 6.07) is 14.3. The van der Waals surface area contributed by atoms with Gasteiger partial charge in [-0.05, 0) is 49.2 Å². The van der Waals surface area contributed by atoms with E-state index in [9.17, 15) is 9.18 Å². The number of methoxy groups -OCH3 is 1. The molecule has 0 bridgehead atoms. The Morgan fingerprint density at radius 1 is 1.03 bits per heavy atom. The second kappa shape index (κ2) is 8.61. The second-order valence-electron chi connectivity index (χ2n) is 8.25. The van der Waals surface area contributed by atoms with Crippen LogP contribution in [0.1, 0.15) is 24.6 Å². The van der Waals surface area contributed by atoms with Gasteiger partial charge in [0.05, 0.1) is 13.0 Å². The molecular formula is C24H26FN5O2. The highest BCUT2D eigenvalue weighted by atomic mass is 19.1. The average molecular weight is 436 g/mol. The zero-order valence-electron chi connectivity index (χ0n) is 18.1. The fourth-order valence-corrected chi connectivity index (χ4v) is 4.63. The summed E-state index contributed by atoms with van der Waals surface area (Å²) in [6.45, 7) is 3.66. The summed E-state index contributed by atoms with van der Waals surface area (Å²) in [7, 11) is 1.67. The molecule has 1 aromatic heterocycles. The van der Waals surface area contributed by atoms with Gasteiger partial charge in [0.1, 0.15) is 17.4 Å². The van der Waals surface area contributed by atoms with Gasteiger partial charge in [-0.2, -0.15) is 0 Å². The van der Waals surface area contributed by atoms with Crippen LogP contribution in [-0.4, -0.2) is 58.9 Å². The van der Waals surface area contributed by atoms with Gasteiger partial charge in [0.2, 0.25) is 5.91 Å². The van der Waals surface area contributed by atoms with E-state index in [1.54, 1.807) is 19.2 Å². The molecule has 1 fully saturated rings. The van der Waals surface area contributed by atoms with Gasteiger partial charge in [0.15, 0.2) is 5.82 Å². The van der Waals surface area contributed by atoms with E-state index in [2.05, 4.69) is 21.2 Å². The quantitative estimate of drug-likeness (QED) is 0.629. The number of anilines is 1. The number of nitrogens with zero attached hydrogens (tertiary/aromatic N) is 5. The Kier molecular flexibility index (Phi) is 5.51. The van der Waals surface area contributed by atoms with Crippen LogP contribution in [0.15, 0.2) is 48.5 Å². The largest absolute Gasteiger partial charge is 0.497 e. The third kappa shape index (κ3) is 3.81. The number of piperazine rings is 1. The first-order chi connectivity index (χ1) is 15.6. The highest BCUT2D eigenvalue weighted by Crippen LogP contribution is 2.32. The summed E-state index contributed by atoms with van der Waals surface area (Å²) in [4.78, 5) is 17.6. The van der Waals surface area contributed by atoms with Gasteiger partial charge in [0.25, 0.3) is 0 Å². The van der Waals surface area contributed by atoms with Gasteiger partial charge in [-0.15, -0.1) is 10.2 Å². The minimum atomic E-state index is -0.284. The number of fused-ring (bicyclic) bond motifs is 1. The Morgan fingerprint density at radius 2 is 1.81 bits per heavy atom. The highest BCUT2D eigenvalue weighted by molar-refractivity contribution is 5.83. The minimum absolute atomic E-state index is 0.120. The van der Waals surface area contributed by atoms with Crippen molar-refractivity contribution in [2.45, 2.75) is 25.3 Å².